The van der Waals surface area contributed by atoms with Crippen LogP contribution in [-0.2, 0) is 0 Å². The van der Waals surface area contributed by atoms with Crippen molar-refractivity contribution >= 4 is 0 Å². The summed E-state index contributed by atoms with van der Waals surface area (Å²) in [6, 6.07) is 4.40. The van der Waals surface area contributed by atoms with Crippen molar-refractivity contribution in [3.8, 4) is 0 Å². The van der Waals surface area contributed by atoms with Crippen LogP contribution in [0.25, 0.3) is 0 Å². The number of aromatic nitrogens is 1. The summed E-state index contributed by atoms with van der Waals surface area (Å²) in [6.45, 7) is 6.71. The lowest BCUT2D eigenvalue weighted by Gasteiger charge is -2.30. The van der Waals surface area contributed by atoms with Gasteiger partial charge < -0.3 is 5.32 Å². The fourth-order valence-corrected chi connectivity index (χ4v) is 2.79. The highest BCUT2D eigenvalue weighted by Gasteiger charge is 2.23. The second-order valence-electron chi connectivity index (χ2n) is 4.84. The molecule has 0 amide bonds. The molecule has 1 unspecified atom stereocenters. The molecular weight excluding hydrogens is 196 g/mol. The van der Waals surface area contributed by atoms with Gasteiger partial charge in [0.25, 0.3) is 0 Å². The quantitative estimate of drug-likeness (QED) is 0.844. The Labute approximate surface area is 98.5 Å². The first kappa shape index (κ1) is 11.6. The van der Waals surface area contributed by atoms with E-state index >= 15 is 0 Å². The molecule has 1 atom stereocenters. The molecule has 0 spiro atoms. The summed E-state index contributed by atoms with van der Waals surface area (Å²) in [7, 11) is 0. The molecule has 88 valence electrons. The highest BCUT2D eigenvalue weighted by atomic mass is 14.9. The lowest BCUT2D eigenvalue weighted by molar-refractivity contribution is 0.312. The first-order valence-electron chi connectivity index (χ1n) is 6.44. The molecule has 2 heteroatoms. The number of pyridine rings is 1. The van der Waals surface area contributed by atoms with Gasteiger partial charge >= 0.3 is 0 Å². The first-order chi connectivity index (χ1) is 7.81. The van der Waals surface area contributed by atoms with E-state index in [9.17, 15) is 0 Å². The Hall–Kier alpha value is -0.890. The van der Waals surface area contributed by atoms with Gasteiger partial charge in [-0.3, -0.25) is 4.98 Å². The molecule has 0 bridgehead atoms. The average Bonchev–Trinajstić information content (AvgIpc) is 2.34. The largest absolute Gasteiger partial charge is 0.317 e. The van der Waals surface area contributed by atoms with E-state index in [4.69, 9.17) is 0 Å². The molecule has 1 aliphatic rings. The van der Waals surface area contributed by atoms with Crippen LogP contribution in [0.4, 0.5) is 0 Å². The second kappa shape index (κ2) is 5.44. The van der Waals surface area contributed by atoms with Gasteiger partial charge in [-0.15, -0.1) is 0 Å². The summed E-state index contributed by atoms with van der Waals surface area (Å²) in [5.74, 6) is 1.55. The SMILES string of the molecule is CCC(c1ccc(C)nc1)C1CCNCC1. The Morgan fingerprint density at radius 3 is 2.69 bits per heavy atom. The Morgan fingerprint density at radius 2 is 2.12 bits per heavy atom. The molecule has 0 radical (unpaired) electrons. The summed E-state index contributed by atoms with van der Waals surface area (Å²) in [6.07, 6.45) is 5.93. The maximum absolute atomic E-state index is 4.43. The fourth-order valence-electron chi connectivity index (χ4n) is 2.79. The molecule has 1 fully saturated rings. The third-order valence-corrected chi connectivity index (χ3v) is 3.76. The minimum absolute atomic E-state index is 0.704. The molecular formula is C14H22N2. The molecule has 1 N–H and O–H groups in total. The van der Waals surface area contributed by atoms with E-state index in [1.54, 1.807) is 0 Å². The smallest absolute Gasteiger partial charge is 0.0372 e. The summed E-state index contributed by atoms with van der Waals surface area (Å²) in [5.41, 5.74) is 2.55. The summed E-state index contributed by atoms with van der Waals surface area (Å²) < 4.78 is 0. The maximum atomic E-state index is 4.43. The predicted molar refractivity (Wildman–Crippen MR) is 67.6 cm³/mol. The van der Waals surface area contributed by atoms with E-state index in [1.165, 1.54) is 37.9 Å². The molecule has 0 saturated carbocycles. The van der Waals surface area contributed by atoms with E-state index < -0.39 is 0 Å². The van der Waals surface area contributed by atoms with Gasteiger partial charge in [0.15, 0.2) is 0 Å². The van der Waals surface area contributed by atoms with Crippen LogP contribution in [0.1, 0.15) is 43.4 Å². The molecule has 1 aromatic heterocycles. The number of rotatable bonds is 3. The summed E-state index contributed by atoms with van der Waals surface area (Å²) in [4.78, 5) is 4.43. The highest BCUT2D eigenvalue weighted by Crippen LogP contribution is 2.33. The van der Waals surface area contributed by atoms with Crippen LogP contribution in [0, 0.1) is 12.8 Å². The van der Waals surface area contributed by atoms with Crippen molar-refractivity contribution in [2.75, 3.05) is 13.1 Å². The summed E-state index contributed by atoms with van der Waals surface area (Å²) in [5, 5.41) is 3.44. The average molecular weight is 218 g/mol. The van der Waals surface area contributed by atoms with Gasteiger partial charge in [0.05, 0.1) is 0 Å². The monoisotopic (exact) mass is 218 g/mol. The Kier molecular flexibility index (Phi) is 3.94. The predicted octanol–water partition coefficient (Wildman–Crippen LogP) is 2.88. The van der Waals surface area contributed by atoms with Crippen molar-refractivity contribution in [1.82, 2.24) is 10.3 Å². The molecule has 16 heavy (non-hydrogen) atoms. The van der Waals surface area contributed by atoms with Crippen LogP contribution in [0.3, 0.4) is 0 Å². The van der Waals surface area contributed by atoms with Gasteiger partial charge in [0.2, 0.25) is 0 Å². The lowest BCUT2D eigenvalue weighted by atomic mass is 9.79. The van der Waals surface area contributed by atoms with Crippen molar-refractivity contribution in [3.05, 3.63) is 29.6 Å². The minimum atomic E-state index is 0.704. The van der Waals surface area contributed by atoms with Crippen LogP contribution < -0.4 is 5.32 Å². The molecule has 1 saturated heterocycles. The number of nitrogens with zero attached hydrogens (tertiary/aromatic N) is 1. The van der Waals surface area contributed by atoms with Crippen molar-refractivity contribution in [3.63, 3.8) is 0 Å². The van der Waals surface area contributed by atoms with Crippen molar-refractivity contribution in [1.29, 1.82) is 0 Å². The number of piperidine rings is 1. The molecule has 2 nitrogen and oxygen atoms in total. The number of hydrogen-bond donors (Lipinski definition) is 1. The van der Waals surface area contributed by atoms with Gasteiger partial charge in [0, 0.05) is 11.9 Å². The standard InChI is InChI=1S/C14H22N2/c1-3-14(12-6-8-15-9-7-12)13-5-4-11(2)16-10-13/h4-5,10,12,14-15H,3,6-9H2,1-2H3. The molecule has 1 aliphatic heterocycles. The van der Waals surface area contributed by atoms with Gasteiger partial charge in [-0.2, -0.15) is 0 Å². The zero-order valence-electron chi connectivity index (χ0n) is 10.4. The molecule has 0 aliphatic carbocycles. The molecule has 1 aromatic rings. The number of hydrogen-bond acceptors (Lipinski definition) is 2. The highest BCUT2D eigenvalue weighted by molar-refractivity contribution is 5.18. The third-order valence-electron chi connectivity index (χ3n) is 3.76. The van der Waals surface area contributed by atoms with Gasteiger partial charge in [-0.1, -0.05) is 13.0 Å². The van der Waals surface area contributed by atoms with Gasteiger partial charge in [0.1, 0.15) is 0 Å². The maximum Gasteiger partial charge on any atom is 0.0372 e. The number of aryl methyl sites for hydroxylation is 1. The minimum Gasteiger partial charge on any atom is -0.317 e. The Balaban J connectivity index is 2.11. The molecule has 2 heterocycles. The van der Waals surface area contributed by atoms with Crippen LogP contribution in [0.15, 0.2) is 18.3 Å². The fraction of sp³-hybridized carbons (Fsp3) is 0.643. The van der Waals surface area contributed by atoms with Crippen LogP contribution in [0.2, 0.25) is 0 Å². The van der Waals surface area contributed by atoms with Gasteiger partial charge in [-0.05, 0) is 62.7 Å². The second-order valence-corrected chi connectivity index (χ2v) is 4.84. The zero-order valence-corrected chi connectivity index (χ0v) is 10.4. The number of nitrogens with one attached hydrogen (secondary N) is 1. The zero-order chi connectivity index (χ0) is 11.4. The van der Waals surface area contributed by atoms with Crippen LogP contribution in [0.5, 0.6) is 0 Å². The van der Waals surface area contributed by atoms with Crippen molar-refractivity contribution in [2.24, 2.45) is 5.92 Å². The van der Waals surface area contributed by atoms with E-state index in [2.05, 4.69) is 42.5 Å². The van der Waals surface area contributed by atoms with E-state index in [0.29, 0.717) is 5.92 Å². The molecule has 0 aromatic carbocycles. The van der Waals surface area contributed by atoms with Gasteiger partial charge in [-0.25, -0.2) is 0 Å². The molecule has 2 rings (SSSR count). The summed E-state index contributed by atoms with van der Waals surface area (Å²) >= 11 is 0. The lowest BCUT2D eigenvalue weighted by Crippen LogP contribution is -2.30. The van der Waals surface area contributed by atoms with Crippen molar-refractivity contribution < 1.29 is 0 Å². The van der Waals surface area contributed by atoms with E-state index in [0.717, 1.165) is 11.6 Å². The first-order valence-corrected chi connectivity index (χ1v) is 6.44. The van der Waals surface area contributed by atoms with Crippen LogP contribution >= 0.6 is 0 Å². The van der Waals surface area contributed by atoms with E-state index in [-0.39, 0.29) is 0 Å². The Bertz CT molecular complexity index is 312. The van der Waals surface area contributed by atoms with Crippen molar-refractivity contribution in [2.45, 2.75) is 39.0 Å². The normalized spacial score (nSPS) is 19.6. The topological polar surface area (TPSA) is 24.9 Å². The van der Waals surface area contributed by atoms with E-state index in [1.807, 2.05) is 0 Å². The Morgan fingerprint density at radius 1 is 1.38 bits per heavy atom. The van der Waals surface area contributed by atoms with Crippen LogP contribution in [-0.4, -0.2) is 18.1 Å². The third kappa shape index (κ3) is 2.62.